The van der Waals surface area contributed by atoms with Gasteiger partial charge in [-0.2, -0.15) is 10.8 Å². The lowest BCUT2D eigenvalue weighted by Crippen LogP contribution is -2.55. The number of nitrogens with zero attached hydrogens (tertiary/aromatic N) is 5. The van der Waals surface area contributed by atoms with Crippen LogP contribution in [0.5, 0.6) is 0 Å². The number of nitrogens with one attached hydrogen (secondary N) is 1. The monoisotopic (exact) mass is 566 g/mol. The molecule has 4 aliphatic heterocycles. The van der Waals surface area contributed by atoms with Crippen molar-refractivity contribution in [3.05, 3.63) is 83.1 Å². The molecule has 5 heterocycles. The predicted octanol–water partition coefficient (Wildman–Crippen LogP) is 4.09. The van der Waals surface area contributed by atoms with Gasteiger partial charge in [0, 0.05) is 30.8 Å². The van der Waals surface area contributed by atoms with Gasteiger partial charge in [0.05, 0.1) is 36.6 Å². The maximum Gasteiger partial charge on any atom is 0.264 e. The maximum absolute atomic E-state index is 13.3. The van der Waals surface area contributed by atoms with Crippen molar-refractivity contribution in [2.45, 2.75) is 44.9 Å². The molecule has 2 atom stereocenters. The molecule has 5 aliphatic rings. The van der Waals surface area contributed by atoms with Crippen molar-refractivity contribution in [3.8, 4) is 0 Å². The van der Waals surface area contributed by atoms with Crippen LogP contribution in [0.1, 0.15) is 66.4 Å². The zero-order chi connectivity index (χ0) is 28.9. The van der Waals surface area contributed by atoms with Gasteiger partial charge < -0.3 is 15.0 Å². The fourth-order valence-corrected chi connectivity index (χ4v) is 6.47. The third-order valence-corrected chi connectivity index (χ3v) is 9.28. The highest BCUT2D eigenvalue weighted by molar-refractivity contribution is 6.05. The second-order valence-corrected chi connectivity index (χ2v) is 12.3. The molecule has 10 heteroatoms. The van der Waals surface area contributed by atoms with Gasteiger partial charge >= 0.3 is 0 Å². The minimum Gasteiger partial charge on any atom is -0.379 e. The summed E-state index contributed by atoms with van der Waals surface area (Å²) in [6, 6.07) is 11.4. The van der Waals surface area contributed by atoms with Crippen molar-refractivity contribution in [3.63, 3.8) is 0 Å². The summed E-state index contributed by atoms with van der Waals surface area (Å²) < 4.78 is 5.25. The van der Waals surface area contributed by atoms with E-state index >= 15 is 0 Å². The highest BCUT2D eigenvalue weighted by Crippen LogP contribution is 2.39. The Morgan fingerprint density at radius 3 is 2.60 bits per heavy atom. The van der Waals surface area contributed by atoms with Crippen LogP contribution in [-0.4, -0.2) is 64.6 Å². The lowest BCUT2D eigenvalue weighted by atomic mass is 9.80. The molecule has 2 aromatic rings. The fourth-order valence-electron chi connectivity index (χ4n) is 6.47. The van der Waals surface area contributed by atoms with Gasteiger partial charge in [0.1, 0.15) is 17.7 Å². The van der Waals surface area contributed by atoms with Crippen LogP contribution in [0.25, 0.3) is 0 Å². The van der Waals surface area contributed by atoms with Crippen LogP contribution in [0.3, 0.4) is 0 Å². The molecule has 3 N–H and O–H groups in total. The van der Waals surface area contributed by atoms with Crippen molar-refractivity contribution < 1.29 is 18.9 Å². The van der Waals surface area contributed by atoms with Crippen molar-refractivity contribution in [1.82, 2.24) is 9.88 Å². The van der Waals surface area contributed by atoms with Gasteiger partial charge in [-0.1, -0.05) is 6.42 Å². The average molecular weight is 567 g/mol. The maximum atomic E-state index is 13.3. The summed E-state index contributed by atoms with van der Waals surface area (Å²) >= 11 is 0. The Labute approximate surface area is 245 Å². The first-order valence-corrected chi connectivity index (χ1v) is 14.8. The topological polar surface area (TPSA) is 122 Å². The van der Waals surface area contributed by atoms with E-state index in [4.69, 9.17) is 15.6 Å². The van der Waals surface area contributed by atoms with Crippen molar-refractivity contribution in [2.75, 3.05) is 31.6 Å². The predicted molar refractivity (Wildman–Crippen MR) is 159 cm³/mol. The highest BCUT2D eigenvalue weighted by atomic mass is 16.5. The van der Waals surface area contributed by atoms with Crippen LogP contribution < -0.4 is 11.2 Å². The molecule has 1 aromatic heterocycles. The number of ether oxygens (including phenoxy) is 1. The zero-order valence-corrected chi connectivity index (χ0v) is 23.8. The molecule has 216 valence electrons. The van der Waals surface area contributed by atoms with E-state index in [1.807, 2.05) is 42.3 Å². The summed E-state index contributed by atoms with van der Waals surface area (Å²) in [6.07, 6.45) is 12.5. The van der Waals surface area contributed by atoms with Crippen LogP contribution in [0, 0.1) is 11.3 Å². The minimum absolute atomic E-state index is 0.0482. The number of amidine groups is 1. The van der Waals surface area contributed by atoms with Crippen LogP contribution >= 0.6 is 0 Å². The highest BCUT2D eigenvalue weighted by Gasteiger charge is 2.48. The summed E-state index contributed by atoms with van der Waals surface area (Å²) in [7, 11) is 0. The smallest absolute Gasteiger partial charge is 0.264 e. The number of hydrogen-bond donors (Lipinski definition) is 2. The van der Waals surface area contributed by atoms with E-state index in [-0.39, 0.29) is 22.3 Å². The number of likely N-dealkylation sites (tertiary alicyclic amines) is 1. The molecule has 10 nitrogen and oxygen atoms in total. The Bertz CT molecular complexity index is 1550. The number of carbonyl (C=O) groups is 2. The molecule has 0 radical (unpaired) electrons. The lowest BCUT2D eigenvalue weighted by Gasteiger charge is -2.42. The van der Waals surface area contributed by atoms with E-state index in [0.29, 0.717) is 42.9 Å². The van der Waals surface area contributed by atoms with Gasteiger partial charge in [-0.25, -0.2) is 4.98 Å². The largest absolute Gasteiger partial charge is 0.379 e. The number of fused-ring (bicyclic) bond motifs is 1. The number of amides is 2. The van der Waals surface area contributed by atoms with Crippen LogP contribution in [0.2, 0.25) is 0 Å². The Morgan fingerprint density at radius 1 is 1.10 bits per heavy atom. The van der Waals surface area contributed by atoms with Crippen molar-refractivity contribution >= 4 is 29.7 Å². The fraction of sp³-hybridized carbons (Fsp3) is 0.406. The molecule has 7 rings (SSSR count). The molecular weight excluding hydrogens is 530 g/mol. The number of pyridine rings is 1. The summed E-state index contributed by atoms with van der Waals surface area (Å²) in [4.78, 5) is 42.1. The van der Waals surface area contributed by atoms with Gasteiger partial charge in [-0.15, -0.1) is 4.59 Å². The number of rotatable bonds is 6. The minimum atomic E-state index is -0.435. The number of nitrogens with two attached hydrogens (primary N) is 1. The van der Waals surface area contributed by atoms with Gasteiger partial charge in [-0.05, 0) is 80.5 Å². The molecular formula is C32H36N7O3+. The van der Waals surface area contributed by atoms with E-state index in [0.717, 1.165) is 36.3 Å². The van der Waals surface area contributed by atoms with Crippen molar-refractivity contribution in [2.24, 2.45) is 27.2 Å². The SMILES string of the molecule is CC1(C(=O)N2CCCC(C3=C4C=NC=C[N+]4(N)C(c4ccc(C(=O)Nc5cc(C6CCC6)ccn5)cc4)=N3)C2)COC1. The first-order chi connectivity index (χ1) is 20.3. The van der Waals surface area contributed by atoms with Gasteiger partial charge in [-0.3, -0.25) is 14.6 Å². The molecule has 2 unspecified atom stereocenters. The number of anilines is 1. The Kier molecular flexibility index (Phi) is 6.64. The number of quaternary nitrogens is 1. The summed E-state index contributed by atoms with van der Waals surface area (Å²) in [5.41, 5.74) is 3.81. The van der Waals surface area contributed by atoms with E-state index in [9.17, 15) is 9.59 Å². The third-order valence-electron chi connectivity index (χ3n) is 9.28. The van der Waals surface area contributed by atoms with Gasteiger partial charge in [0.15, 0.2) is 0 Å². The molecule has 0 spiro atoms. The number of aliphatic imine (C=N–C) groups is 2. The first kappa shape index (κ1) is 26.9. The van der Waals surface area contributed by atoms with Gasteiger partial charge in [0.2, 0.25) is 11.6 Å². The Hall–Kier alpha value is -3.99. The van der Waals surface area contributed by atoms with E-state index in [2.05, 4.69) is 15.3 Å². The van der Waals surface area contributed by atoms with E-state index in [1.54, 1.807) is 30.7 Å². The van der Waals surface area contributed by atoms with Crippen molar-refractivity contribution in [1.29, 1.82) is 0 Å². The quantitative estimate of drug-likeness (QED) is 0.403. The summed E-state index contributed by atoms with van der Waals surface area (Å²) in [5, 5.41) is 2.94. The molecule has 0 bridgehead atoms. The summed E-state index contributed by atoms with van der Waals surface area (Å²) in [6.45, 7) is 4.26. The molecule has 3 fully saturated rings. The standard InChI is InChI=1S/C32H35N7O3/c1-32(19-42-20-32)31(41)38-14-3-6-25(18-38)28-26-17-34-13-15-39(26,33)29(37-28)22-7-9-23(10-8-22)30(40)36-27-16-24(11-12-35-27)21-4-2-5-21/h7-13,15-17,21,25H,2-6,14,18-20,33H2,1H3/p+1. The third kappa shape index (κ3) is 4.59. The molecule has 1 aliphatic carbocycles. The Morgan fingerprint density at radius 2 is 1.88 bits per heavy atom. The normalized spacial score (nSPS) is 26.3. The van der Waals surface area contributed by atoms with E-state index in [1.165, 1.54) is 24.8 Å². The van der Waals surface area contributed by atoms with E-state index < -0.39 is 5.41 Å². The number of carbonyl (C=O) groups excluding carboxylic acids is 2. The van der Waals surface area contributed by atoms with Gasteiger partial charge in [0.25, 0.3) is 11.7 Å². The number of benzene rings is 1. The second kappa shape index (κ2) is 10.4. The second-order valence-electron chi connectivity index (χ2n) is 12.3. The number of aromatic nitrogens is 1. The molecule has 42 heavy (non-hydrogen) atoms. The zero-order valence-electron chi connectivity index (χ0n) is 23.8. The molecule has 2 saturated heterocycles. The average Bonchev–Trinajstić information content (AvgIpc) is 3.28. The van der Waals surface area contributed by atoms with Crippen LogP contribution in [0.15, 0.2) is 76.4 Å². The van der Waals surface area contributed by atoms with Crippen LogP contribution in [-0.2, 0) is 9.53 Å². The molecule has 2 amide bonds. The first-order valence-electron chi connectivity index (χ1n) is 14.8. The number of allylic oxidation sites excluding steroid dienone is 1. The Balaban J connectivity index is 1.11. The molecule has 1 aromatic carbocycles. The van der Waals surface area contributed by atoms with Crippen LogP contribution in [0.4, 0.5) is 5.82 Å². The summed E-state index contributed by atoms with van der Waals surface area (Å²) in [5.74, 6) is 8.75. The lowest BCUT2D eigenvalue weighted by molar-refractivity contribution is -0.750. The number of hydrogen-bond acceptors (Lipinski definition) is 7. The number of piperidine rings is 1. The molecule has 1 saturated carbocycles.